The van der Waals surface area contributed by atoms with E-state index in [9.17, 15) is 9.90 Å². The zero-order valence-corrected chi connectivity index (χ0v) is 5.78. The van der Waals surface area contributed by atoms with Crippen molar-refractivity contribution in [3.8, 4) is 0 Å². The SMILES string of the molecule is [O]C(=O)c1ccccc1CO. The van der Waals surface area contributed by atoms with Crippen LogP contribution in [0.3, 0.4) is 0 Å². The van der Waals surface area contributed by atoms with Gasteiger partial charge >= 0.3 is 5.97 Å². The third-order valence-electron chi connectivity index (χ3n) is 1.41. The molecule has 0 saturated carbocycles. The molecule has 0 aliphatic carbocycles. The Balaban J connectivity index is 3.12. The minimum Gasteiger partial charge on any atom is -0.392 e. The van der Waals surface area contributed by atoms with E-state index < -0.39 is 5.97 Å². The molecule has 0 aliphatic rings. The Hall–Kier alpha value is -1.35. The molecule has 0 spiro atoms. The molecule has 11 heavy (non-hydrogen) atoms. The Morgan fingerprint density at radius 1 is 1.36 bits per heavy atom. The second-order valence-electron chi connectivity index (χ2n) is 2.10. The fraction of sp³-hybridized carbons (Fsp3) is 0.125. The van der Waals surface area contributed by atoms with Crippen LogP contribution in [0.2, 0.25) is 0 Å². The Labute approximate surface area is 63.9 Å². The van der Waals surface area contributed by atoms with Gasteiger partial charge in [0.1, 0.15) is 0 Å². The number of carbonyl (C=O) groups excluding carboxylic acids is 1. The summed E-state index contributed by atoms with van der Waals surface area (Å²) in [5, 5.41) is 19.0. The van der Waals surface area contributed by atoms with Gasteiger partial charge in [-0.1, -0.05) is 18.2 Å². The molecule has 1 aromatic rings. The van der Waals surface area contributed by atoms with Gasteiger partial charge in [-0.3, -0.25) is 0 Å². The molecule has 1 radical (unpaired) electrons. The van der Waals surface area contributed by atoms with E-state index in [1.54, 1.807) is 18.2 Å². The first-order chi connectivity index (χ1) is 5.25. The summed E-state index contributed by atoms with van der Waals surface area (Å²) in [6, 6.07) is 6.20. The van der Waals surface area contributed by atoms with Crippen LogP contribution >= 0.6 is 0 Å². The maximum atomic E-state index is 10.4. The van der Waals surface area contributed by atoms with Crippen molar-refractivity contribution in [2.24, 2.45) is 0 Å². The third kappa shape index (κ3) is 1.56. The molecule has 0 unspecified atom stereocenters. The van der Waals surface area contributed by atoms with E-state index in [1.165, 1.54) is 6.07 Å². The van der Waals surface area contributed by atoms with Crippen molar-refractivity contribution in [3.05, 3.63) is 35.4 Å². The molecular formula is C8H7O3. The third-order valence-corrected chi connectivity index (χ3v) is 1.41. The van der Waals surface area contributed by atoms with Crippen LogP contribution in [0.1, 0.15) is 15.9 Å². The second kappa shape index (κ2) is 3.16. The largest absolute Gasteiger partial charge is 0.392 e. The summed E-state index contributed by atoms with van der Waals surface area (Å²) in [7, 11) is 0. The number of rotatable bonds is 2. The van der Waals surface area contributed by atoms with Gasteiger partial charge in [0, 0.05) is 0 Å². The summed E-state index contributed by atoms with van der Waals surface area (Å²) < 4.78 is 0. The van der Waals surface area contributed by atoms with E-state index in [0.717, 1.165) is 0 Å². The highest BCUT2D eigenvalue weighted by Gasteiger charge is 2.08. The molecule has 0 aliphatic heterocycles. The van der Waals surface area contributed by atoms with Gasteiger partial charge in [0.25, 0.3) is 0 Å². The van der Waals surface area contributed by atoms with E-state index in [1.807, 2.05) is 0 Å². The van der Waals surface area contributed by atoms with Gasteiger partial charge in [0.2, 0.25) is 0 Å². The van der Waals surface area contributed by atoms with E-state index in [-0.39, 0.29) is 12.2 Å². The van der Waals surface area contributed by atoms with Crippen LogP contribution in [-0.2, 0) is 11.7 Å². The van der Waals surface area contributed by atoms with Gasteiger partial charge in [0.15, 0.2) is 0 Å². The lowest BCUT2D eigenvalue weighted by Crippen LogP contribution is -1.99. The Kier molecular flexibility index (Phi) is 2.23. The Bertz CT molecular complexity index is 268. The van der Waals surface area contributed by atoms with Crippen molar-refractivity contribution in [2.45, 2.75) is 6.61 Å². The van der Waals surface area contributed by atoms with Gasteiger partial charge in [-0.15, -0.1) is 0 Å². The smallest absolute Gasteiger partial charge is 0.386 e. The monoisotopic (exact) mass is 151 g/mol. The van der Waals surface area contributed by atoms with Crippen molar-refractivity contribution < 1.29 is 15.0 Å². The van der Waals surface area contributed by atoms with Crippen LogP contribution in [0.15, 0.2) is 24.3 Å². The molecule has 3 heteroatoms. The van der Waals surface area contributed by atoms with Crippen molar-refractivity contribution >= 4 is 5.97 Å². The number of hydrogen-bond acceptors (Lipinski definition) is 2. The number of hydrogen-bond donors (Lipinski definition) is 1. The van der Waals surface area contributed by atoms with Gasteiger partial charge < -0.3 is 5.11 Å². The summed E-state index contributed by atoms with van der Waals surface area (Å²) in [5.74, 6) is -1.25. The molecule has 0 saturated heterocycles. The number of aliphatic hydroxyl groups is 1. The number of carbonyl (C=O) groups is 1. The highest BCUT2D eigenvalue weighted by atomic mass is 16.4. The summed E-state index contributed by atoms with van der Waals surface area (Å²) in [5.41, 5.74) is 0.433. The molecule has 0 bridgehead atoms. The molecule has 1 aromatic carbocycles. The first-order valence-electron chi connectivity index (χ1n) is 3.16. The summed E-state index contributed by atoms with van der Waals surface area (Å²) in [6.45, 7) is -0.274. The highest BCUT2D eigenvalue weighted by Crippen LogP contribution is 2.07. The van der Waals surface area contributed by atoms with E-state index in [4.69, 9.17) is 5.11 Å². The fourth-order valence-electron chi connectivity index (χ4n) is 0.857. The molecule has 0 heterocycles. The summed E-state index contributed by atoms with van der Waals surface area (Å²) >= 11 is 0. The number of benzene rings is 1. The zero-order valence-electron chi connectivity index (χ0n) is 5.78. The lowest BCUT2D eigenvalue weighted by molar-refractivity contribution is 0.0569. The van der Waals surface area contributed by atoms with Crippen molar-refractivity contribution in [1.82, 2.24) is 0 Å². The van der Waals surface area contributed by atoms with Gasteiger partial charge in [0.05, 0.1) is 12.2 Å². The standard InChI is InChI=1S/C8H7O3/c9-5-6-3-1-2-4-7(6)8(10)11/h1-4,9H,5H2. The van der Waals surface area contributed by atoms with Crippen LogP contribution in [0.4, 0.5) is 0 Å². The van der Waals surface area contributed by atoms with Gasteiger partial charge in [-0.25, -0.2) is 9.90 Å². The lowest BCUT2D eigenvalue weighted by atomic mass is 10.1. The maximum Gasteiger partial charge on any atom is 0.386 e. The predicted octanol–water partition coefficient (Wildman–Crippen LogP) is 0.750. The maximum absolute atomic E-state index is 10.4. The molecule has 0 atom stereocenters. The normalized spacial score (nSPS) is 9.55. The average molecular weight is 151 g/mol. The van der Waals surface area contributed by atoms with Crippen LogP contribution in [0.5, 0.6) is 0 Å². The molecule has 1 N–H and O–H groups in total. The first kappa shape index (κ1) is 7.75. The Morgan fingerprint density at radius 2 is 2.00 bits per heavy atom. The second-order valence-corrected chi connectivity index (χ2v) is 2.10. The zero-order chi connectivity index (χ0) is 8.27. The van der Waals surface area contributed by atoms with Crippen molar-refractivity contribution in [3.63, 3.8) is 0 Å². The van der Waals surface area contributed by atoms with E-state index in [0.29, 0.717) is 5.56 Å². The van der Waals surface area contributed by atoms with Gasteiger partial charge in [-0.2, -0.15) is 0 Å². The molecule has 0 amide bonds. The molecular weight excluding hydrogens is 144 g/mol. The van der Waals surface area contributed by atoms with Crippen LogP contribution in [0.25, 0.3) is 0 Å². The number of aliphatic hydroxyl groups excluding tert-OH is 1. The topological polar surface area (TPSA) is 57.2 Å². The minimum atomic E-state index is -1.25. The van der Waals surface area contributed by atoms with Crippen molar-refractivity contribution in [2.75, 3.05) is 0 Å². The average Bonchev–Trinajstić information content (AvgIpc) is 2.04. The molecule has 0 fully saturated rings. The van der Waals surface area contributed by atoms with E-state index in [2.05, 4.69) is 0 Å². The van der Waals surface area contributed by atoms with Crippen LogP contribution < -0.4 is 0 Å². The predicted molar refractivity (Wildman–Crippen MR) is 37.4 cm³/mol. The molecule has 0 aromatic heterocycles. The first-order valence-corrected chi connectivity index (χ1v) is 3.16. The lowest BCUT2D eigenvalue weighted by Gasteiger charge is -1.98. The minimum absolute atomic E-state index is 0.0509. The Morgan fingerprint density at radius 3 is 2.45 bits per heavy atom. The fourth-order valence-corrected chi connectivity index (χ4v) is 0.857. The summed E-state index contributed by atoms with van der Waals surface area (Å²) in [4.78, 5) is 10.4. The molecule has 1 rings (SSSR count). The highest BCUT2D eigenvalue weighted by molar-refractivity contribution is 5.88. The summed E-state index contributed by atoms with van der Waals surface area (Å²) in [6.07, 6.45) is 0. The van der Waals surface area contributed by atoms with Crippen molar-refractivity contribution in [1.29, 1.82) is 0 Å². The van der Waals surface area contributed by atoms with E-state index >= 15 is 0 Å². The van der Waals surface area contributed by atoms with Crippen LogP contribution in [0, 0.1) is 0 Å². The quantitative estimate of drug-likeness (QED) is 0.678. The molecule has 57 valence electrons. The van der Waals surface area contributed by atoms with Gasteiger partial charge in [-0.05, 0) is 11.6 Å². The van der Waals surface area contributed by atoms with Crippen LogP contribution in [-0.4, -0.2) is 11.1 Å². The molecule has 3 nitrogen and oxygen atoms in total.